The maximum Gasteiger partial charge on any atom is 0.321 e. The molecule has 0 saturated heterocycles. The lowest BCUT2D eigenvalue weighted by atomic mass is 10.1. The third kappa shape index (κ3) is 5.67. The molecular formula is C23H26N4O4S. The highest BCUT2D eigenvalue weighted by Crippen LogP contribution is 2.23. The number of amides is 3. The van der Waals surface area contributed by atoms with Gasteiger partial charge in [0.15, 0.2) is 5.16 Å². The van der Waals surface area contributed by atoms with Crippen LogP contribution in [0.2, 0.25) is 0 Å². The predicted molar refractivity (Wildman–Crippen MR) is 125 cm³/mol. The largest absolute Gasteiger partial charge is 0.497 e. The first-order valence-corrected chi connectivity index (χ1v) is 11.2. The van der Waals surface area contributed by atoms with Gasteiger partial charge in [0.2, 0.25) is 5.91 Å². The third-order valence-electron chi connectivity index (χ3n) is 4.84. The molecule has 32 heavy (non-hydrogen) atoms. The zero-order chi connectivity index (χ0) is 23.1. The molecule has 0 radical (unpaired) electrons. The third-order valence-corrected chi connectivity index (χ3v) is 5.93. The van der Waals surface area contributed by atoms with E-state index in [1.54, 1.807) is 43.7 Å². The summed E-state index contributed by atoms with van der Waals surface area (Å²) in [6, 6.07) is 14.2. The van der Waals surface area contributed by atoms with E-state index in [4.69, 9.17) is 4.74 Å². The number of carbonyl (C=O) groups excluding carboxylic acids is 2. The molecule has 1 atom stereocenters. The number of fused-ring (bicyclic) bond motifs is 1. The van der Waals surface area contributed by atoms with Crippen LogP contribution in [0.1, 0.15) is 19.4 Å². The first-order valence-electron chi connectivity index (χ1n) is 10.3. The van der Waals surface area contributed by atoms with Crippen molar-refractivity contribution in [3.8, 4) is 5.75 Å². The number of benzene rings is 2. The van der Waals surface area contributed by atoms with Crippen molar-refractivity contribution in [1.82, 2.24) is 20.2 Å². The highest BCUT2D eigenvalue weighted by Gasteiger charge is 2.21. The molecule has 9 heteroatoms. The van der Waals surface area contributed by atoms with Crippen LogP contribution in [-0.4, -0.2) is 40.4 Å². The number of hydrogen-bond acceptors (Lipinski definition) is 6. The van der Waals surface area contributed by atoms with Gasteiger partial charge in [-0.3, -0.25) is 19.5 Å². The molecule has 1 heterocycles. The molecule has 3 rings (SSSR count). The molecule has 0 aliphatic carbocycles. The van der Waals surface area contributed by atoms with E-state index in [0.29, 0.717) is 35.6 Å². The number of hydrogen-bond donors (Lipinski definition) is 2. The number of aromatic nitrogens is 2. The van der Waals surface area contributed by atoms with Crippen molar-refractivity contribution in [2.24, 2.45) is 0 Å². The summed E-state index contributed by atoms with van der Waals surface area (Å²) in [4.78, 5) is 41.9. The normalized spacial score (nSPS) is 11.7. The van der Waals surface area contributed by atoms with E-state index in [2.05, 4.69) is 15.6 Å². The van der Waals surface area contributed by atoms with Gasteiger partial charge in [-0.05, 0) is 50.1 Å². The van der Waals surface area contributed by atoms with Gasteiger partial charge in [0.1, 0.15) is 5.75 Å². The number of nitrogens with zero attached hydrogens (tertiary/aromatic N) is 2. The zero-order valence-corrected chi connectivity index (χ0v) is 19.1. The number of nitrogens with one attached hydrogen (secondary N) is 2. The first-order chi connectivity index (χ1) is 15.4. The number of urea groups is 1. The molecule has 0 saturated carbocycles. The van der Waals surface area contributed by atoms with Crippen molar-refractivity contribution in [2.75, 3.05) is 13.7 Å². The highest BCUT2D eigenvalue weighted by molar-refractivity contribution is 8.00. The zero-order valence-electron chi connectivity index (χ0n) is 18.3. The summed E-state index contributed by atoms with van der Waals surface area (Å²) in [6.45, 7) is 4.25. The average molecular weight is 455 g/mol. The fourth-order valence-electron chi connectivity index (χ4n) is 3.10. The van der Waals surface area contributed by atoms with Crippen LogP contribution in [0.15, 0.2) is 58.5 Å². The minimum Gasteiger partial charge on any atom is -0.497 e. The van der Waals surface area contributed by atoms with Crippen molar-refractivity contribution < 1.29 is 14.3 Å². The lowest BCUT2D eigenvalue weighted by Gasteiger charge is -2.16. The van der Waals surface area contributed by atoms with Crippen molar-refractivity contribution >= 4 is 34.6 Å². The van der Waals surface area contributed by atoms with Crippen molar-refractivity contribution in [3.63, 3.8) is 0 Å². The summed E-state index contributed by atoms with van der Waals surface area (Å²) in [5, 5.41) is 5.15. The lowest BCUT2D eigenvalue weighted by Crippen LogP contribution is -2.42. The number of methoxy groups -OCH3 is 1. The summed E-state index contributed by atoms with van der Waals surface area (Å²) in [5.41, 5.74) is 1.45. The fourth-order valence-corrected chi connectivity index (χ4v) is 4.03. The van der Waals surface area contributed by atoms with Crippen LogP contribution in [0, 0.1) is 0 Å². The molecule has 3 aromatic rings. The van der Waals surface area contributed by atoms with Gasteiger partial charge in [-0.25, -0.2) is 9.78 Å². The Kier molecular flexibility index (Phi) is 7.88. The van der Waals surface area contributed by atoms with E-state index in [1.807, 2.05) is 30.3 Å². The number of imide groups is 1. The maximum atomic E-state index is 13.2. The highest BCUT2D eigenvalue weighted by atomic mass is 32.2. The predicted octanol–water partition coefficient (Wildman–Crippen LogP) is 2.97. The lowest BCUT2D eigenvalue weighted by molar-refractivity contribution is -0.119. The van der Waals surface area contributed by atoms with Crippen LogP contribution < -0.4 is 20.9 Å². The number of aryl methyl sites for hydroxylation is 1. The summed E-state index contributed by atoms with van der Waals surface area (Å²) in [6.07, 6.45) is 0.608. The average Bonchev–Trinajstić information content (AvgIpc) is 2.79. The molecule has 0 spiro atoms. The van der Waals surface area contributed by atoms with E-state index in [-0.39, 0.29) is 5.56 Å². The molecule has 0 aliphatic heterocycles. The van der Waals surface area contributed by atoms with Gasteiger partial charge in [0.25, 0.3) is 5.56 Å². The van der Waals surface area contributed by atoms with Gasteiger partial charge < -0.3 is 10.1 Å². The fraction of sp³-hybridized carbons (Fsp3) is 0.304. The molecule has 1 aromatic heterocycles. The van der Waals surface area contributed by atoms with Gasteiger partial charge in [-0.2, -0.15) is 0 Å². The quantitative estimate of drug-likeness (QED) is 0.401. The van der Waals surface area contributed by atoms with Crippen LogP contribution in [-0.2, 0) is 17.8 Å². The van der Waals surface area contributed by atoms with Crippen LogP contribution in [0.4, 0.5) is 4.79 Å². The molecular weight excluding hydrogens is 428 g/mol. The van der Waals surface area contributed by atoms with E-state index < -0.39 is 17.2 Å². The Labute approximate surface area is 190 Å². The second-order valence-corrected chi connectivity index (χ2v) is 8.38. The Morgan fingerprint density at radius 1 is 1.16 bits per heavy atom. The molecule has 0 aliphatic rings. The number of thioether (sulfide) groups is 1. The minimum atomic E-state index is -0.627. The monoisotopic (exact) mass is 454 g/mol. The van der Waals surface area contributed by atoms with Crippen LogP contribution >= 0.6 is 11.8 Å². The molecule has 3 amide bonds. The van der Waals surface area contributed by atoms with Gasteiger partial charge in [-0.1, -0.05) is 36.0 Å². The van der Waals surface area contributed by atoms with E-state index in [1.165, 1.54) is 0 Å². The Balaban J connectivity index is 1.87. The van der Waals surface area contributed by atoms with Crippen LogP contribution in [0.5, 0.6) is 5.75 Å². The summed E-state index contributed by atoms with van der Waals surface area (Å²) >= 11 is 1.15. The summed E-state index contributed by atoms with van der Waals surface area (Å²) < 4.78 is 6.78. The van der Waals surface area contributed by atoms with E-state index in [0.717, 1.165) is 23.1 Å². The number of para-hydroxylation sites is 1. The molecule has 2 aromatic carbocycles. The topological polar surface area (TPSA) is 102 Å². The number of ether oxygens (including phenoxy) is 1. The molecule has 0 fully saturated rings. The standard InChI is InChI=1S/C23H26N4O4S/c1-4-24-22(30)26-20(28)15(2)32-23-25-19-8-6-5-7-18(19)21(29)27(23)14-13-16-9-11-17(31-3)12-10-16/h5-12,15H,4,13-14H2,1-3H3,(H2,24,26,28,30)/t15-/m1/s1. The maximum absolute atomic E-state index is 13.2. The smallest absolute Gasteiger partial charge is 0.321 e. The molecule has 168 valence electrons. The van der Waals surface area contributed by atoms with Crippen molar-refractivity contribution in [1.29, 1.82) is 0 Å². The van der Waals surface area contributed by atoms with Crippen molar-refractivity contribution in [3.05, 3.63) is 64.4 Å². The summed E-state index contributed by atoms with van der Waals surface area (Å²) in [7, 11) is 1.61. The Morgan fingerprint density at radius 2 is 1.88 bits per heavy atom. The molecule has 2 N–H and O–H groups in total. The van der Waals surface area contributed by atoms with E-state index >= 15 is 0 Å². The SMILES string of the molecule is CCNC(=O)NC(=O)[C@@H](C)Sc1nc2ccccc2c(=O)n1CCc1ccc(OC)cc1. The minimum absolute atomic E-state index is 0.164. The Morgan fingerprint density at radius 3 is 2.56 bits per heavy atom. The van der Waals surface area contributed by atoms with Crippen molar-refractivity contribution in [2.45, 2.75) is 37.2 Å². The second-order valence-electron chi connectivity index (χ2n) is 7.08. The second kappa shape index (κ2) is 10.8. The van der Waals surface area contributed by atoms with Gasteiger partial charge >= 0.3 is 6.03 Å². The Bertz CT molecular complexity index is 1160. The molecule has 0 bridgehead atoms. The summed E-state index contributed by atoms with van der Waals surface area (Å²) in [5.74, 6) is 0.312. The number of rotatable bonds is 8. The first kappa shape index (κ1) is 23.3. The van der Waals surface area contributed by atoms with E-state index in [9.17, 15) is 14.4 Å². The van der Waals surface area contributed by atoms with Gasteiger partial charge in [-0.15, -0.1) is 0 Å². The van der Waals surface area contributed by atoms with Crippen LogP contribution in [0.3, 0.4) is 0 Å². The van der Waals surface area contributed by atoms with Crippen LogP contribution in [0.25, 0.3) is 10.9 Å². The Hall–Kier alpha value is -3.33. The molecule has 0 unspecified atom stereocenters. The molecule has 8 nitrogen and oxygen atoms in total. The van der Waals surface area contributed by atoms with Gasteiger partial charge in [0.05, 0.1) is 23.3 Å². The number of carbonyl (C=O) groups is 2. The van der Waals surface area contributed by atoms with Gasteiger partial charge in [0, 0.05) is 13.1 Å².